The van der Waals surface area contributed by atoms with Gasteiger partial charge in [-0.2, -0.15) is 0 Å². The average Bonchev–Trinajstić information content (AvgIpc) is 3.97. The molecule has 3 aliphatic rings. The number of nitrogens with one attached hydrogen (secondary N) is 2. The zero-order chi connectivity index (χ0) is 32.9. The third-order valence-electron chi connectivity index (χ3n) is 9.39. The van der Waals surface area contributed by atoms with E-state index in [2.05, 4.69) is 151 Å². The summed E-state index contributed by atoms with van der Waals surface area (Å²) in [5, 5.41) is 0. The Balaban J connectivity index is 1.45. The van der Waals surface area contributed by atoms with Crippen molar-refractivity contribution in [3.63, 3.8) is 0 Å². The number of aromatic nitrogens is 4. The van der Waals surface area contributed by atoms with E-state index in [4.69, 9.17) is 9.97 Å². The molecule has 1 saturated heterocycles. The van der Waals surface area contributed by atoms with Gasteiger partial charge in [-0.05, 0) is 79.1 Å². The fraction of sp³-hybridized carbons (Fsp3) is 0.116. The van der Waals surface area contributed by atoms with Crippen LogP contribution in [0.3, 0.4) is 0 Å². The molecule has 1 fully saturated rings. The molecule has 6 aromatic rings. The fourth-order valence-corrected chi connectivity index (χ4v) is 9.95. The number of nitrogens with zero attached hydrogens (tertiary/aromatic N) is 2. The molecule has 0 unspecified atom stereocenters. The molecule has 0 amide bonds. The summed E-state index contributed by atoms with van der Waals surface area (Å²) in [6.07, 6.45) is 8.72. The van der Waals surface area contributed by atoms with Crippen molar-refractivity contribution in [2.24, 2.45) is 0 Å². The first-order valence-corrected chi connectivity index (χ1v) is 18.8. The number of hydrogen-bond acceptors (Lipinski definition) is 4. The third kappa shape index (κ3) is 5.55. The molecule has 49 heavy (non-hydrogen) atoms. The largest absolute Gasteiger partial charge is 0.355 e. The summed E-state index contributed by atoms with van der Waals surface area (Å²) in [6, 6.07) is 36.9. The first kappa shape index (κ1) is 30.1. The zero-order valence-electron chi connectivity index (χ0n) is 27.3. The van der Waals surface area contributed by atoms with E-state index in [0.717, 1.165) is 89.7 Å². The molecule has 0 atom stereocenters. The Morgan fingerprint density at radius 2 is 0.878 bits per heavy atom. The number of aryl methyl sites for hydroxylation is 2. The molecule has 0 spiro atoms. The Labute approximate surface area is 294 Å². The van der Waals surface area contributed by atoms with Crippen LogP contribution >= 0.6 is 23.5 Å². The standard InChI is InChI=1S/C43H34N4S2/c1-26-8-12-29(13-9-26)40-33-18-16-31(44-33)39(28-6-4-3-5-7-28)32-17-19-34(45-32)41(30-14-10-27(2)11-15-30)36-21-23-38(47-36)42(43-48-24-25-49-43)37-22-20-35(40)46-37/h3-23,43-44,47H,24-25H2,1-2H3. The molecule has 6 heteroatoms. The Morgan fingerprint density at radius 1 is 0.469 bits per heavy atom. The monoisotopic (exact) mass is 670 g/mol. The van der Waals surface area contributed by atoms with Crippen LogP contribution in [0.1, 0.15) is 44.0 Å². The predicted octanol–water partition coefficient (Wildman–Crippen LogP) is 11.8. The highest BCUT2D eigenvalue weighted by Crippen LogP contribution is 2.48. The molecule has 9 rings (SSSR count). The van der Waals surface area contributed by atoms with Gasteiger partial charge in [-0.3, -0.25) is 0 Å². The molecule has 8 bridgehead atoms. The van der Waals surface area contributed by atoms with Gasteiger partial charge in [0.15, 0.2) is 0 Å². The number of rotatable bonds is 4. The predicted molar refractivity (Wildman–Crippen MR) is 212 cm³/mol. The van der Waals surface area contributed by atoms with Crippen molar-refractivity contribution in [1.82, 2.24) is 19.9 Å². The molecule has 3 aliphatic heterocycles. The van der Waals surface area contributed by atoms with E-state index in [9.17, 15) is 0 Å². The van der Waals surface area contributed by atoms with Gasteiger partial charge >= 0.3 is 0 Å². The maximum absolute atomic E-state index is 5.42. The third-order valence-corrected chi connectivity index (χ3v) is 12.4. The van der Waals surface area contributed by atoms with E-state index in [-0.39, 0.29) is 0 Å². The van der Waals surface area contributed by atoms with Crippen LogP contribution < -0.4 is 0 Å². The molecule has 3 aromatic carbocycles. The molecule has 3 aromatic heterocycles. The molecule has 238 valence electrons. The quantitative estimate of drug-likeness (QED) is 0.196. The fourth-order valence-electron chi connectivity index (χ4n) is 6.96. The number of hydrogen-bond donors (Lipinski definition) is 2. The van der Waals surface area contributed by atoms with E-state index in [1.165, 1.54) is 16.7 Å². The van der Waals surface area contributed by atoms with E-state index in [1.807, 2.05) is 23.5 Å². The van der Waals surface area contributed by atoms with Gasteiger partial charge in [0, 0.05) is 55.8 Å². The number of benzene rings is 3. The molecule has 0 radical (unpaired) electrons. The van der Waals surface area contributed by atoms with Gasteiger partial charge in [0.05, 0.1) is 27.4 Å². The van der Waals surface area contributed by atoms with Gasteiger partial charge in [-0.1, -0.05) is 90.0 Å². The van der Waals surface area contributed by atoms with Crippen LogP contribution in [0.5, 0.6) is 0 Å². The minimum atomic E-state index is 0.294. The second-order valence-corrected chi connectivity index (χ2v) is 15.4. The van der Waals surface area contributed by atoms with E-state index in [1.54, 1.807) is 0 Å². The SMILES string of the molecule is Cc1ccc(-c2c3nc(c(C4SCCS4)c4ccc([nH]4)c(-c4ccc(C)cc4)c4nc(c(-c5ccccc5)c5ccc2[nH]5)C=C4)C=C3)cc1. The van der Waals surface area contributed by atoms with Gasteiger partial charge in [0.1, 0.15) is 0 Å². The molecule has 2 N–H and O–H groups in total. The van der Waals surface area contributed by atoms with E-state index >= 15 is 0 Å². The van der Waals surface area contributed by atoms with Crippen LogP contribution in [-0.4, -0.2) is 31.4 Å². The van der Waals surface area contributed by atoms with Crippen molar-refractivity contribution in [2.45, 2.75) is 18.4 Å². The lowest BCUT2D eigenvalue weighted by molar-refractivity contribution is 1.25. The summed E-state index contributed by atoms with van der Waals surface area (Å²) in [6.45, 7) is 4.26. The molecular formula is C43H34N4S2. The minimum absolute atomic E-state index is 0.294. The second kappa shape index (κ2) is 12.4. The average molecular weight is 671 g/mol. The lowest BCUT2D eigenvalue weighted by atomic mass is 10.0. The normalized spacial score (nSPS) is 14.2. The highest BCUT2D eigenvalue weighted by molar-refractivity contribution is 8.19. The van der Waals surface area contributed by atoms with E-state index in [0.29, 0.717) is 4.58 Å². The van der Waals surface area contributed by atoms with Gasteiger partial charge in [0.25, 0.3) is 0 Å². The highest BCUT2D eigenvalue weighted by Gasteiger charge is 2.25. The molecule has 0 saturated carbocycles. The van der Waals surface area contributed by atoms with Crippen molar-refractivity contribution in [3.8, 4) is 33.4 Å². The summed E-state index contributed by atoms with van der Waals surface area (Å²) in [4.78, 5) is 18.5. The molecule has 0 aliphatic carbocycles. The van der Waals surface area contributed by atoms with Gasteiger partial charge < -0.3 is 9.97 Å². The minimum Gasteiger partial charge on any atom is -0.355 e. The highest BCUT2D eigenvalue weighted by atomic mass is 32.2. The second-order valence-electron chi connectivity index (χ2n) is 12.7. The molecule has 6 heterocycles. The Hall–Kier alpha value is -5.04. The number of aromatic amines is 2. The maximum atomic E-state index is 5.42. The van der Waals surface area contributed by atoms with E-state index < -0.39 is 0 Å². The van der Waals surface area contributed by atoms with Crippen molar-refractivity contribution in [3.05, 3.63) is 143 Å². The first-order chi connectivity index (χ1) is 24.1. The van der Waals surface area contributed by atoms with Crippen molar-refractivity contribution in [1.29, 1.82) is 0 Å². The van der Waals surface area contributed by atoms with Crippen LogP contribution in [0.15, 0.2) is 103 Å². The number of fused-ring (bicyclic) bond motifs is 8. The summed E-state index contributed by atoms with van der Waals surface area (Å²) >= 11 is 4.01. The van der Waals surface area contributed by atoms with Gasteiger partial charge in [0.2, 0.25) is 0 Å². The van der Waals surface area contributed by atoms with Crippen LogP contribution in [0.25, 0.3) is 79.8 Å². The smallest absolute Gasteiger partial charge is 0.0793 e. The van der Waals surface area contributed by atoms with Crippen LogP contribution in [-0.2, 0) is 0 Å². The van der Waals surface area contributed by atoms with Crippen LogP contribution in [0.2, 0.25) is 0 Å². The number of thioether (sulfide) groups is 2. The van der Waals surface area contributed by atoms with Gasteiger partial charge in [-0.25, -0.2) is 9.97 Å². The lowest BCUT2D eigenvalue weighted by Crippen LogP contribution is -1.93. The Kier molecular flexibility index (Phi) is 7.63. The Morgan fingerprint density at radius 3 is 1.39 bits per heavy atom. The summed E-state index contributed by atoms with van der Waals surface area (Å²) in [5.41, 5.74) is 18.3. The molecule has 4 nitrogen and oxygen atoms in total. The first-order valence-electron chi connectivity index (χ1n) is 16.7. The summed E-state index contributed by atoms with van der Waals surface area (Å²) in [7, 11) is 0. The van der Waals surface area contributed by atoms with Crippen molar-refractivity contribution >= 4 is 69.9 Å². The topological polar surface area (TPSA) is 57.4 Å². The summed E-state index contributed by atoms with van der Waals surface area (Å²) < 4.78 is 0.294. The number of H-pyrrole nitrogens is 2. The van der Waals surface area contributed by atoms with Gasteiger partial charge in [-0.15, -0.1) is 23.5 Å². The van der Waals surface area contributed by atoms with Crippen LogP contribution in [0.4, 0.5) is 0 Å². The van der Waals surface area contributed by atoms with Crippen LogP contribution in [0, 0.1) is 13.8 Å². The van der Waals surface area contributed by atoms with Crippen molar-refractivity contribution < 1.29 is 0 Å². The Bertz CT molecular complexity index is 2400. The van der Waals surface area contributed by atoms with Crippen molar-refractivity contribution in [2.75, 3.05) is 11.5 Å². The lowest BCUT2D eigenvalue weighted by Gasteiger charge is -2.10. The summed E-state index contributed by atoms with van der Waals surface area (Å²) in [5.74, 6) is 2.26. The maximum Gasteiger partial charge on any atom is 0.0793 e. The molecular weight excluding hydrogens is 637 g/mol. The zero-order valence-corrected chi connectivity index (χ0v) is 29.0.